The number of fused-ring (bicyclic) bond motifs is 1. The van der Waals surface area contributed by atoms with Crippen LogP contribution in [0.3, 0.4) is 0 Å². The van der Waals surface area contributed by atoms with Crippen LogP contribution in [0.5, 0.6) is 0 Å². The number of hydrogen-bond acceptors (Lipinski definition) is 5. The van der Waals surface area contributed by atoms with Crippen molar-refractivity contribution in [2.24, 2.45) is 11.7 Å². The van der Waals surface area contributed by atoms with Crippen LogP contribution < -0.4 is 22.3 Å². The van der Waals surface area contributed by atoms with Gasteiger partial charge in [0.2, 0.25) is 5.91 Å². The number of H-pyrrole nitrogens is 1. The van der Waals surface area contributed by atoms with Crippen LogP contribution in [0.25, 0.3) is 11.2 Å². The van der Waals surface area contributed by atoms with Crippen molar-refractivity contribution in [3.05, 3.63) is 62.6 Å². The number of nitrogens with one attached hydrogen (secondary N) is 2. The summed E-state index contributed by atoms with van der Waals surface area (Å²) in [6.07, 6.45) is 4.66. The molecule has 3 aromatic rings. The lowest BCUT2D eigenvalue weighted by Gasteiger charge is -2.12. The number of imidazole rings is 1. The highest BCUT2D eigenvalue weighted by atomic mass is 16.2. The van der Waals surface area contributed by atoms with Crippen molar-refractivity contribution in [1.29, 1.82) is 0 Å². The van der Waals surface area contributed by atoms with Gasteiger partial charge < -0.3 is 15.6 Å². The lowest BCUT2D eigenvalue weighted by Crippen LogP contribution is -2.40. The molecule has 4 rings (SSSR count). The Hall–Kier alpha value is -3.20. The fourth-order valence-corrected chi connectivity index (χ4v) is 3.59. The lowest BCUT2D eigenvalue weighted by atomic mass is 10.1. The Balaban J connectivity index is 1.45. The molecular formula is C21H26N6O3. The number of carbonyl (C=O) groups is 1. The Morgan fingerprint density at radius 2 is 1.97 bits per heavy atom. The Labute approximate surface area is 172 Å². The molecule has 0 unspecified atom stereocenters. The fraction of sp³-hybridized carbons (Fsp3) is 0.429. The molecule has 1 aliphatic carbocycles. The van der Waals surface area contributed by atoms with Gasteiger partial charge in [-0.05, 0) is 30.4 Å². The predicted molar refractivity (Wildman–Crippen MR) is 113 cm³/mol. The summed E-state index contributed by atoms with van der Waals surface area (Å²) < 4.78 is 3.17. The minimum atomic E-state index is -0.491. The lowest BCUT2D eigenvalue weighted by molar-refractivity contribution is -0.122. The summed E-state index contributed by atoms with van der Waals surface area (Å²) in [5.41, 5.74) is 7.60. The average molecular weight is 410 g/mol. The molecule has 0 saturated heterocycles. The molecule has 1 atom stereocenters. The molecular weight excluding hydrogens is 384 g/mol. The monoisotopic (exact) mass is 410 g/mol. The standard InChI is InChI=1S/C21H26N6O3/c1-2-26-12-24-18-17(26)20(29)25-21(30)27(18)11-15-7-5-14(6-8-15)10-23-19(28)16(22)9-13-3-4-13/h5-8,12-13,16H,2-4,9-11,22H2,1H3,(H,23,28)(H,25,29,30)/t16-/m0/s1. The van der Waals surface area contributed by atoms with Gasteiger partial charge in [0.1, 0.15) is 0 Å². The highest BCUT2D eigenvalue weighted by Crippen LogP contribution is 2.33. The first-order valence-corrected chi connectivity index (χ1v) is 10.2. The summed E-state index contributed by atoms with van der Waals surface area (Å²) in [5.74, 6) is 0.483. The Kier molecular flexibility index (Phi) is 5.54. The zero-order chi connectivity index (χ0) is 21.3. The van der Waals surface area contributed by atoms with E-state index < -0.39 is 17.3 Å². The minimum Gasteiger partial charge on any atom is -0.351 e. The van der Waals surface area contributed by atoms with E-state index in [0.29, 0.717) is 30.2 Å². The molecule has 9 heteroatoms. The Morgan fingerprint density at radius 3 is 2.63 bits per heavy atom. The van der Waals surface area contributed by atoms with Crippen molar-refractivity contribution < 1.29 is 4.79 Å². The minimum absolute atomic E-state index is 0.125. The Morgan fingerprint density at radius 1 is 1.27 bits per heavy atom. The second kappa shape index (κ2) is 8.27. The SMILES string of the molecule is CCn1cnc2c1c(=O)[nH]c(=O)n2Cc1ccc(CNC(=O)[C@@H](N)CC2CC2)cc1. The zero-order valence-corrected chi connectivity index (χ0v) is 16.9. The van der Waals surface area contributed by atoms with E-state index in [1.165, 1.54) is 17.4 Å². The smallest absolute Gasteiger partial charge is 0.330 e. The second-order valence-corrected chi connectivity index (χ2v) is 7.87. The maximum atomic E-state index is 12.3. The van der Waals surface area contributed by atoms with Crippen LogP contribution in [0, 0.1) is 5.92 Å². The summed E-state index contributed by atoms with van der Waals surface area (Å²) in [6.45, 7) is 3.18. The van der Waals surface area contributed by atoms with Crippen LogP contribution in [-0.4, -0.2) is 31.1 Å². The third-order valence-corrected chi connectivity index (χ3v) is 5.55. The maximum absolute atomic E-state index is 12.3. The largest absolute Gasteiger partial charge is 0.351 e. The van der Waals surface area contributed by atoms with Crippen LogP contribution >= 0.6 is 0 Å². The van der Waals surface area contributed by atoms with Gasteiger partial charge in [0.15, 0.2) is 11.2 Å². The number of rotatable bonds is 8. The molecule has 30 heavy (non-hydrogen) atoms. The number of aromatic amines is 1. The summed E-state index contributed by atoms with van der Waals surface area (Å²) in [6, 6.07) is 7.15. The molecule has 1 fully saturated rings. The number of benzene rings is 1. The molecule has 1 aromatic carbocycles. The van der Waals surface area contributed by atoms with Gasteiger partial charge in [-0.3, -0.25) is 19.1 Å². The average Bonchev–Trinajstić information content (AvgIpc) is 3.44. The molecule has 0 bridgehead atoms. The normalized spacial score (nSPS) is 14.7. The number of amides is 1. The van der Waals surface area contributed by atoms with Crippen molar-refractivity contribution in [1.82, 2.24) is 24.4 Å². The van der Waals surface area contributed by atoms with Crippen molar-refractivity contribution in [2.45, 2.75) is 51.9 Å². The van der Waals surface area contributed by atoms with Gasteiger partial charge in [0.05, 0.1) is 18.9 Å². The summed E-state index contributed by atoms with van der Waals surface area (Å²) >= 11 is 0. The summed E-state index contributed by atoms with van der Waals surface area (Å²) in [4.78, 5) is 43.2. The third kappa shape index (κ3) is 4.20. The molecule has 158 valence electrons. The van der Waals surface area contributed by atoms with E-state index in [-0.39, 0.29) is 12.5 Å². The quantitative estimate of drug-likeness (QED) is 0.504. The number of aromatic nitrogens is 4. The van der Waals surface area contributed by atoms with Gasteiger partial charge in [-0.1, -0.05) is 37.1 Å². The number of carbonyl (C=O) groups excluding carboxylic acids is 1. The molecule has 0 spiro atoms. The van der Waals surface area contributed by atoms with Gasteiger partial charge >= 0.3 is 5.69 Å². The molecule has 0 radical (unpaired) electrons. The first-order valence-electron chi connectivity index (χ1n) is 10.2. The van der Waals surface area contributed by atoms with Crippen LogP contribution in [0.2, 0.25) is 0 Å². The van der Waals surface area contributed by atoms with E-state index in [2.05, 4.69) is 15.3 Å². The molecule has 1 saturated carbocycles. The number of nitrogens with zero attached hydrogens (tertiary/aromatic N) is 3. The molecule has 4 N–H and O–H groups in total. The summed E-state index contributed by atoms with van der Waals surface area (Å²) in [7, 11) is 0. The second-order valence-electron chi connectivity index (χ2n) is 7.87. The first-order chi connectivity index (χ1) is 14.5. The molecule has 9 nitrogen and oxygen atoms in total. The van der Waals surface area contributed by atoms with E-state index in [0.717, 1.165) is 17.5 Å². The van der Waals surface area contributed by atoms with Crippen molar-refractivity contribution in [3.63, 3.8) is 0 Å². The van der Waals surface area contributed by atoms with Crippen molar-refractivity contribution in [2.75, 3.05) is 0 Å². The van der Waals surface area contributed by atoms with E-state index in [1.807, 2.05) is 31.2 Å². The van der Waals surface area contributed by atoms with E-state index >= 15 is 0 Å². The predicted octanol–water partition coefficient (Wildman–Crippen LogP) is 0.698. The first kappa shape index (κ1) is 20.1. The molecule has 1 aliphatic rings. The highest BCUT2D eigenvalue weighted by molar-refractivity contribution is 5.81. The van der Waals surface area contributed by atoms with Crippen LogP contribution in [0.1, 0.15) is 37.3 Å². The Bertz CT molecular complexity index is 1170. The van der Waals surface area contributed by atoms with Gasteiger partial charge in [0.25, 0.3) is 5.56 Å². The molecule has 0 aliphatic heterocycles. The summed E-state index contributed by atoms with van der Waals surface area (Å²) in [5, 5.41) is 2.88. The van der Waals surface area contributed by atoms with Gasteiger partial charge in [-0.25, -0.2) is 9.78 Å². The van der Waals surface area contributed by atoms with E-state index in [1.54, 1.807) is 10.9 Å². The molecule has 2 aromatic heterocycles. The van der Waals surface area contributed by atoms with Crippen LogP contribution in [0.15, 0.2) is 40.2 Å². The number of nitrogens with two attached hydrogens (primary N) is 1. The maximum Gasteiger partial charge on any atom is 0.330 e. The topological polar surface area (TPSA) is 128 Å². The van der Waals surface area contributed by atoms with E-state index in [4.69, 9.17) is 5.73 Å². The zero-order valence-electron chi connectivity index (χ0n) is 16.9. The van der Waals surface area contributed by atoms with Crippen LogP contribution in [-0.2, 0) is 24.4 Å². The highest BCUT2D eigenvalue weighted by Gasteiger charge is 2.26. The van der Waals surface area contributed by atoms with Gasteiger partial charge in [0, 0.05) is 13.1 Å². The van der Waals surface area contributed by atoms with Crippen molar-refractivity contribution >= 4 is 17.1 Å². The fourth-order valence-electron chi connectivity index (χ4n) is 3.59. The third-order valence-electron chi connectivity index (χ3n) is 5.55. The van der Waals surface area contributed by atoms with Gasteiger partial charge in [-0.15, -0.1) is 0 Å². The van der Waals surface area contributed by atoms with Crippen molar-refractivity contribution in [3.8, 4) is 0 Å². The molecule has 1 amide bonds. The number of aryl methyl sites for hydroxylation is 1. The molecule has 2 heterocycles. The number of hydrogen-bond donors (Lipinski definition) is 3. The van der Waals surface area contributed by atoms with Gasteiger partial charge in [-0.2, -0.15) is 0 Å². The van der Waals surface area contributed by atoms with E-state index in [9.17, 15) is 14.4 Å². The van der Waals surface area contributed by atoms with Crippen LogP contribution in [0.4, 0.5) is 0 Å².